The molecule has 1 fully saturated rings. The Kier molecular flexibility index (Phi) is 3.52. The van der Waals surface area contributed by atoms with Crippen molar-refractivity contribution in [2.75, 3.05) is 31.6 Å². The Morgan fingerprint density at radius 2 is 2.22 bits per heavy atom. The minimum Gasteiger partial charge on any atom is -0.383 e. The smallest absolute Gasteiger partial charge is 0.0674 e. The summed E-state index contributed by atoms with van der Waals surface area (Å²) < 4.78 is 5.63. The Labute approximate surface area is 109 Å². The lowest BCUT2D eigenvalue weighted by Crippen LogP contribution is -2.49. The van der Waals surface area contributed by atoms with Crippen molar-refractivity contribution in [3.05, 3.63) is 29.8 Å². The molecule has 0 bridgehead atoms. The fourth-order valence-electron chi connectivity index (χ4n) is 3.05. The predicted octanol–water partition coefficient (Wildman–Crippen LogP) is 2.13. The van der Waals surface area contributed by atoms with Crippen molar-refractivity contribution in [3.63, 3.8) is 0 Å². The van der Waals surface area contributed by atoms with Crippen LogP contribution in [0, 0.1) is 0 Å². The van der Waals surface area contributed by atoms with Crippen LogP contribution in [-0.2, 0) is 11.2 Å². The van der Waals surface area contributed by atoms with Crippen molar-refractivity contribution in [2.24, 2.45) is 0 Å². The van der Waals surface area contributed by atoms with Gasteiger partial charge in [0.15, 0.2) is 0 Å². The molecular weight excluding hydrogens is 224 g/mol. The van der Waals surface area contributed by atoms with E-state index < -0.39 is 0 Å². The highest BCUT2D eigenvalue weighted by Crippen LogP contribution is 2.23. The molecule has 2 aliphatic rings. The first kappa shape index (κ1) is 12.0. The van der Waals surface area contributed by atoms with Crippen LogP contribution in [0.25, 0.3) is 0 Å². The van der Waals surface area contributed by atoms with Gasteiger partial charge >= 0.3 is 0 Å². The summed E-state index contributed by atoms with van der Waals surface area (Å²) in [5.74, 6) is 0. The summed E-state index contributed by atoms with van der Waals surface area (Å²) in [5, 5.41) is 3.60. The molecule has 3 rings (SSSR count). The van der Waals surface area contributed by atoms with E-state index in [-0.39, 0.29) is 0 Å². The summed E-state index contributed by atoms with van der Waals surface area (Å²) >= 11 is 0. The maximum atomic E-state index is 5.63. The molecule has 2 unspecified atom stereocenters. The minimum absolute atomic E-state index is 0.379. The summed E-state index contributed by atoms with van der Waals surface area (Å²) in [6, 6.07) is 9.33. The summed E-state index contributed by atoms with van der Waals surface area (Å²) in [4.78, 5) is 2.59. The zero-order chi connectivity index (χ0) is 12.4. The lowest BCUT2D eigenvalue weighted by atomic mass is 10.0. The number of nitrogens with one attached hydrogen (secondary N) is 1. The fraction of sp³-hybridized carbons (Fsp3) is 0.600. The average molecular weight is 246 g/mol. The summed E-state index contributed by atoms with van der Waals surface area (Å²) in [7, 11) is 0. The van der Waals surface area contributed by atoms with Crippen LogP contribution in [0.1, 0.15) is 18.9 Å². The number of hydrogen-bond donors (Lipinski definition) is 1. The zero-order valence-electron chi connectivity index (χ0n) is 11.1. The molecule has 0 saturated carbocycles. The fourth-order valence-corrected chi connectivity index (χ4v) is 3.05. The van der Waals surface area contributed by atoms with Gasteiger partial charge in [0.05, 0.1) is 12.7 Å². The average Bonchev–Trinajstić information content (AvgIpc) is 2.61. The van der Waals surface area contributed by atoms with E-state index in [0.717, 1.165) is 26.2 Å². The summed E-state index contributed by atoms with van der Waals surface area (Å²) in [6.07, 6.45) is 2.81. The van der Waals surface area contributed by atoms with Gasteiger partial charge in [-0.25, -0.2) is 0 Å². The molecule has 2 aliphatic heterocycles. The zero-order valence-corrected chi connectivity index (χ0v) is 11.1. The van der Waals surface area contributed by atoms with Crippen LogP contribution in [0.3, 0.4) is 0 Å². The highest BCUT2D eigenvalue weighted by atomic mass is 16.5. The van der Waals surface area contributed by atoms with Gasteiger partial charge in [-0.05, 0) is 31.4 Å². The largest absolute Gasteiger partial charge is 0.383 e. The lowest BCUT2D eigenvalue weighted by Gasteiger charge is -2.36. The van der Waals surface area contributed by atoms with Crippen LogP contribution in [0.5, 0.6) is 0 Å². The van der Waals surface area contributed by atoms with E-state index in [1.807, 2.05) is 0 Å². The predicted molar refractivity (Wildman–Crippen MR) is 74.0 cm³/mol. The number of benzene rings is 1. The van der Waals surface area contributed by atoms with Crippen LogP contribution in [0.15, 0.2) is 24.3 Å². The third-order valence-corrected chi connectivity index (χ3v) is 4.08. The molecule has 2 heterocycles. The monoisotopic (exact) mass is 246 g/mol. The maximum Gasteiger partial charge on any atom is 0.0674 e. The van der Waals surface area contributed by atoms with Crippen molar-refractivity contribution in [2.45, 2.75) is 31.9 Å². The molecule has 2 atom stereocenters. The quantitative estimate of drug-likeness (QED) is 0.821. The van der Waals surface area contributed by atoms with Crippen LogP contribution in [0.4, 0.5) is 5.69 Å². The molecule has 1 N–H and O–H groups in total. The molecule has 18 heavy (non-hydrogen) atoms. The highest BCUT2D eigenvalue weighted by Gasteiger charge is 2.25. The van der Waals surface area contributed by atoms with Crippen molar-refractivity contribution in [3.8, 4) is 0 Å². The standard InChI is InChI=1S/C15H22N2O/c1-12-11-17(8-9-18-12)14-7-6-13-4-2-3-5-15(13)16-10-14/h2-5,12,14,16H,6-11H2,1H3. The number of para-hydroxylation sites is 1. The molecule has 0 radical (unpaired) electrons. The molecule has 0 spiro atoms. The maximum absolute atomic E-state index is 5.63. The third kappa shape index (κ3) is 2.52. The van der Waals surface area contributed by atoms with Gasteiger partial charge in [-0.3, -0.25) is 4.90 Å². The van der Waals surface area contributed by atoms with Crippen LogP contribution in [-0.4, -0.2) is 43.3 Å². The number of nitrogens with zero attached hydrogens (tertiary/aromatic N) is 1. The van der Waals surface area contributed by atoms with E-state index in [9.17, 15) is 0 Å². The van der Waals surface area contributed by atoms with E-state index in [2.05, 4.69) is 41.4 Å². The first-order valence-electron chi connectivity index (χ1n) is 7.00. The second-order valence-corrected chi connectivity index (χ2v) is 5.41. The van der Waals surface area contributed by atoms with Crippen molar-refractivity contribution in [1.29, 1.82) is 0 Å². The first-order valence-corrected chi connectivity index (χ1v) is 7.00. The Bertz CT molecular complexity index is 380. The van der Waals surface area contributed by atoms with Gasteiger partial charge in [0.1, 0.15) is 0 Å². The number of aryl methyl sites for hydroxylation is 1. The number of hydrogen-bond acceptors (Lipinski definition) is 3. The Morgan fingerprint density at radius 3 is 3.11 bits per heavy atom. The molecule has 1 saturated heterocycles. The topological polar surface area (TPSA) is 24.5 Å². The Morgan fingerprint density at radius 1 is 1.33 bits per heavy atom. The van der Waals surface area contributed by atoms with Crippen molar-refractivity contribution >= 4 is 5.69 Å². The van der Waals surface area contributed by atoms with Gasteiger partial charge in [0.25, 0.3) is 0 Å². The van der Waals surface area contributed by atoms with Crippen molar-refractivity contribution in [1.82, 2.24) is 4.90 Å². The Hall–Kier alpha value is -1.06. The normalized spacial score (nSPS) is 29.2. The molecule has 3 heteroatoms. The van der Waals surface area contributed by atoms with Crippen LogP contribution >= 0.6 is 0 Å². The lowest BCUT2D eigenvalue weighted by molar-refractivity contribution is -0.0330. The van der Waals surface area contributed by atoms with Gasteiger partial charge in [0.2, 0.25) is 0 Å². The van der Waals surface area contributed by atoms with E-state index in [4.69, 9.17) is 4.74 Å². The molecular formula is C15H22N2O. The minimum atomic E-state index is 0.379. The van der Waals surface area contributed by atoms with E-state index >= 15 is 0 Å². The number of fused-ring (bicyclic) bond motifs is 1. The third-order valence-electron chi connectivity index (χ3n) is 4.08. The molecule has 3 nitrogen and oxygen atoms in total. The van der Waals surface area contributed by atoms with Crippen molar-refractivity contribution < 1.29 is 4.74 Å². The molecule has 0 aromatic heterocycles. The number of rotatable bonds is 1. The van der Waals surface area contributed by atoms with Gasteiger partial charge < -0.3 is 10.1 Å². The molecule has 1 aromatic carbocycles. The second kappa shape index (κ2) is 5.29. The number of morpholine rings is 1. The highest BCUT2D eigenvalue weighted by molar-refractivity contribution is 5.52. The van der Waals surface area contributed by atoms with Gasteiger partial charge in [0, 0.05) is 31.4 Å². The second-order valence-electron chi connectivity index (χ2n) is 5.41. The van der Waals surface area contributed by atoms with Gasteiger partial charge in [-0.1, -0.05) is 18.2 Å². The number of anilines is 1. The first-order chi connectivity index (χ1) is 8.83. The molecule has 98 valence electrons. The molecule has 0 aliphatic carbocycles. The van der Waals surface area contributed by atoms with E-state index in [0.29, 0.717) is 12.1 Å². The van der Waals surface area contributed by atoms with Gasteiger partial charge in [-0.2, -0.15) is 0 Å². The molecule has 1 aromatic rings. The van der Waals surface area contributed by atoms with Gasteiger partial charge in [-0.15, -0.1) is 0 Å². The molecule has 0 amide bonds. The van der Waals surface area contributed by atoms with E-state index in [1.165, 1.54) is 24.1 Å². The summed E-state index contributed by atoms with van der Waals surface area (Å²) in [6.45, 7) is 6.26. The number of ether oxygens (including phenoxy) is 1. The summed E-state index contributed by atoms with van der Waals surface area (Å²) in [5.41, 5.74) is 2.78. The SMILES string of the molecule is CC1CN(C2CCc3ccccc3NC2)CCO1. The van der Waals surface area contributed by atoms with E-state index in [1.54, 1.807) is 0 Å². The van der Waals surface area contributed by atoms with Crippen LogP contribution in [0.2, 0.25) is 0 Å². The van der Waals surface area contributed by atoms with Crippen LogP contribution < -0.4 is 5.32 Å². The Balaban J connectivity index is 1.67.